The maximum atomic E-state index is 12.5. The number of rotatable bonds is 5. The molecule has 0 spiro atoms. The molecule has 0 aliphatic heterocycles. The van der Waals surface area contributed by atoms with Crippen LogP contribution in [0.4, 0.5) is 5.69 Å². The highest BCUT2D eigenvalue weighted by Crippen LogP contribution is 2.23. The minimum Gasteiger partial charge on any atom is -0.322 e. The van der Waals surface area contributed by atoms with Gasteiger partial charge in [0.1, 0.15) is 0 Å². The number of carbonyl (C=O) groups excluding carboxylic acids is 1. The van der Waals surface area contributed by atoms with Crippen LogP contribution in [0.15, 0.2) is 47.4 Å². The minimum atomic E-state index is -3.55. The Bertz CT molecular complexity index is 905. The third-order valence-corrected chi connectivity index (χ3v) is 6.31. The van der Waals surface area contributed by atoms with Gasteiger partial charge in [0.05, 0.1) is 4.90 Å². The highest BCUT2D eigenvalue weighted by Gasteiger charge is 2.23. The summed E-state index contributed by atoms with van der Waals surface area (Å²) < 4.78 is 27.8. The van der Waals surface area contributed by atoms with E-state index in [0.717, 1.165) is 25.7 Å². The van der Waals surface area contributed by atoms with Gasteiger partial charge >= 0.3 is 0 Å². The molecule has 1 amide bonds. The molecular weight excluding hydrogens is 372 g/mol. The first-order valence-electron chi connectivity index (χ1n) is 8.55. The van der Waals surface area contributed by atoms with Gasteiger partial charge in [-0.25, -0.2) is 13.1 Å². The van der Waals surface area contributed by atoms with Gasteiger partial charge in [0.2, 0.25) is 10.0 Å². The fourth-order valence-corrected chi connectivity index (χ4v) is 4.59. The molecule has 1 saturated carbocycles. The van der Waals surface area contributed by atoms with Crippen molar-refractivity contribution in [1.82, 2.24) is 4.72 Å². The number of amides is 1. The van der Waals surface area contributed by atoms with Crippen LogP contribution in [-0.2, 0) is 10.0 Å². The normalized spacial score (nSPS) is 15.2. The number of benzene rings is 2. The third kappa shape index (κ3) is 4.44. The summed E-state index contributed by atoms with van der Waals surface area (Å²) >= 11 is 5.83. The Morgan fingerprint density at radius 1 is 1.08 bits per heavy atom. The highest BCUT2D eigenvalue weighted by atomic mass is 35.5. The van der Waals surface area contributed by atoms with Crippen LogP contribution in [0.25, 0.3) is 0 Å². The lowest BCUT2D eigenvalue weighted by atomic mass is 10.1. The van der Waals surface area contributed by atoms with Gasteiger partial charge in [-0.1, -0.05) is 24.4 Å². The van der Waals surface area contributed by atoms with Crippen LogP contribution in [-0.4, -0.2) is 20.4 Å². The van der Waals surface area contributed by atoms with Crippen LogP contribution >= 0.6 is 11.6 Å². The van der Waals surface area contributed by atoms with E-state index in [1.165, 1.54) is 6.07 Å². The summed E-state index contributed by atoms with van der Waals surface area (Å²) in [5.74, 6) is -0.274. The zero-order valence-corrected chi connectivity index (χ0v) is 16.0. The van der Waals surface area contributed by atoms with Gasteiger partial charge < -0.3 is 5.32 Å². The molecule has 138 valence electrons. The topological polar surface area (TPSA) is 75.3 Å². The monoisotopic (exact) mass is 392 g/mol. The van der Waals surface area contributed by atoms with E-state index < -0.39 is 10.0 Å². The van der Waals surface area contributed by atoms with Crippen molar-refractivity contribution in [3.63, 3.8) is 0 Å². The number of nitrogens with one attached hydrogen (secondary N) is 2. The molecule has 0 unspecified atom stereocenters. The van der Waals surface area contributed by atoms with Gasteiger partial charge in [0.25, 0.3) is 5.91 Å². The summed E-state index contributed by atoms with van der Waals surface area (Å²) in [5, 5.41) is 3.36. The molecule has 2 aromatic carbocycles. The van der Waals surface area contributed by atoms with E-state index in [0.29, 0.717) is 21.8 Å². The first kappa shape index (κ1) is 18.9. The molecule has 1 aliphatic rings. The molecule has 7 heteroatoms. The Kier molecular flexibility index (Phi) is 5.65. The second kappa shape index (κ2) is 7.78. The summed E-state index contributed by atoms with van der Waals surface area (Å²) in [5.41, 5.74) is 1.74. The second-order valence-electron chi connectivity index (χ2n) is 6.54. The Labute approximate surface area is 158 Å². The van der Waals surface area contributed by atoms with Crippen LogP contribution < -0.4 is 10.0 Å². The van der Waals surface area contributed by atoms with Crippen molar-refractivity contribution >= 4 is 33.2 Å². The molecule has 0 radical (unpaired) electrons. The molecule has 3 rings (SSSR count). The van der Waals surface area contributed by atoms with Crippen molar-refractivity contribution in [2.45, 2.75) is 43.5 Å². The van der Waals surface area contributed by atoms with Crippen LogP contribution in [0.3, 0.4) is 0 Å². The SMILES string of the molecule is Cc1cc(S(=O)(=O)NC2CCCC2)ccc1NC(=O)c1ccc(Cl)cc1. The van der Waals surface area contributed by atoms with Crippen molar-refractivity contribution in [3.8, 4) is 0 Å². The predicted molar refractivity (Wildman–Crippen MR) is 103 cm³/mol. The molecule has 2 N–H and O–H groups in total. The van der Waals surface area contributed by atoms with Crippen LogP contribution in [0, 0.1) is 6.92 Å². The van der Waals surface area contributed by atoms with Crippen LogP contribution in [0.2, 0.25) is 5.02 Å². The van der Waals surface area contributed by atoms with Gasteiger partial charge in [-0.3, -0.25) is 4.79 Å². The fourth-order valence-electron chi connectivity index (χ4n) is 3.07. The molecule has 0 atom stereocenters. The van der Waals surface area contributed by atoms with Crippen LogP contribution in [0.5, 0.6) is 0 Å². The summed E-state index contributed by atoms with van der Waals surface area (Å²) in [6, 6.07) is 11.3. The quantitative estimate of drug-likeness (QED) is 0.803. The van der Waals surface area contributed by atoms with Crippen molar-refractivity contribution in [3.05, 3.63) is 58.6 Å². The van der Waals surface area contributed by atoms with Crippen molar-refractivity contribution in [2.75, 3.05) is 5.32 Å². The fraction of sp³-hybridized carbons (Fsp3) is 0.316. The number of anilines is 1. The summed E-state index contributed by atoms with van der Waals surface area (Å²) in [7, 11) is -3.55. The molecule has 0 aromatic heterocycles. The largest absolute Gasteiger partial charge is 0.322 e. The molecule has 0 heterocycles. The molecule has 5 nitrogen and oxygen atoms in total. The lowest BCUT2D eigenvalue weighted by molar-refractivity contribution is 0.102. The second-order valence-corrected chi connectivity index (χ2v) is 8.69. The lowest BCUT2D eigenvalue weighted by Crippen LogP contribution is -2.32. The van der Waals surface area contributed by atoms with Gasteiger partial charge in [-0.15, -0.1) is 0 Å². The number of aryl methyl sites for hydroxylation is 1. The summed E-state index contributed by atoms with van der Waals surface area (Å²) in [4.78, 5) is 12.5. The highest BCUT2D eigenvalue weighted by molar-refractivity contribution is 7.89. The van der Waals surface area contributed by atoms with Crippen molar-refractivity contribution < 1.29 is 13.2 Å². The molecular formula is C19H21ClN2O3S. The van der Waals surface area contributed by atoms with E-state index in [1.54, 1.807) is 43.3 Å². The van der Waals surface area contributed by atoms with Crippen molar-refractivity contribution in [2.24, 2.45) is 0 Å². The third-order valence-electron chi connectivity index (χ3n) is 4.54. The number of carbonyl (C=O) groups is 1. The summed E-state index contributed by atoms with van der Waals surface area (Å²) in [6.45, 7) is 1.77. The first-order valence-corrected chi connectivity index (χ1v) is 10.4. The number of hydrogen-bond donors (Lipinski definition) is 2. The molecule has 1 aliphatic carbocycles. The standard InChI is InChI=1S/C19H21ClN2O3S/c1-13-12-17(26(24,25)22-16-4-2-3-5-16)10-11-18(13)21-19(23)14-6-8-15(20)9-7-14/h6-12,16,22H,2-5H2,1H3,(H,21,23). The molecule has 0 saturated heterocycles. The zero-order chi connectivity index (χ0) is 18.7. The van der Waals surface area contributed by atoms with Crippen molar-refractivity contribution in [1.29, 1.82) is 0 Å². The predicted octanol–water partition coefficient (Wildman–Crippen LogP) is 4.12. The lowest BCUT2D eigenvalue weighted by Gasteiger charge is -2.14. The number of halogens is 1. The summed E-state index contributed by atoms with van der Waals surface area (Å²) in [6.07, 6.45) is 3.88. The first-order chi connectivity index (χ1) is 12.3. The number of hydrogen-bond acceptors (Lipinski definition) is 3. The van der Waals surface area contributed by atoms with Crippen LogP contribution in [0.1, 0.15) is 41.6 Å². The van der Waals surface area contributed by atoms with E-state index in [2.05, 4.69) is 10.0 Å². The maximum Gasteiger partial charge on any atom is 0.255 e. The molecule has 0 bridgehead atoms. The molecule has 26 heavy (non-hydrogen) atoms. The smallest absolute Gasteiger partial charge is 0.255 e. The Morgan fingerprint density at radius 3 is 2.35 bits per heavy atom. The van der Waals surface area contributed by atoms with E-state index in [1.807, 2.05) is 0 Å². The number of sulfonamides is 1. The van der Waals surface area contributed by atoms with E-state index in [-0.39, 0.29) is 16.8 Å². The zero-order valence-electron chi connectivity index (χ0n) is 14.5. The van der Waals surface area contributed by atoms with Gasteiger partial charge in [0.15, 0.2) is 0 Å². The Balaban J connectivity index is 1.74. The molecule has 2 aromatic rings. The van der Waals surface area contributed by atoms with Gasteiger partial charge in [-0.2, -0.15) is 0 Å². The van der Waals surface area contributed by atoms with E-state index in [4.69, 9.17) is 11.6 Å². The van der Waals surface area contributed by atoms with E-state index >= 15 is 0 Å². The average Bonchev–Trinajstić information content (AvgIpc) is 3.09. The maximum absolute atomic E-state index is 12.5. The Morgan fingerprint density at radius 2 is 1.73 bits per heavy atom. The van der Waals surface area contributed by atoms with Gasteiger partial charge in [-0.05, 0) is 67.8 Å². The Hall–Kier alpha value is -1.89. The molecule has 1 fully saturated rings. The van der Waals surface area contributed by atoms with E-state index in [9.17, 15) is 13.2 Å². The van der Waals surface area contributed by atoms with Gasteiger partial charge in [0, 0.05) is 22.3 Å². The average molecular weight is 393 g/mol. The minimum absolute atomic E-state index is 0.0181.